The molecule has 1 unspecified atom stereocenters. The average molecular weight is 623 g/mol. The van der Waals surface area contributed by atoms with Gasteiger partial charge in [-0.2, -0.15) is 5.26 Å². The molecule has 9 aromatic rings. The van der Waals surface area contributed by atoms with Crippen LogP contribution in [0.3, 0.4) is 0 Å². The van der Waals surface area contributed by atoms with E-state index in [2.05, 4.69) is 149 Å². The molecule has 0 bridgehead atoms. The monoisotopic (exact) mass is 622 g/mol. The van der Waals surface area contributed by atoms with E-state index in [9.17, 15) is 5.26 Å². The van der Waals surface area contributed by atoms with E-state index in [-0.39, 0.29) is 0 Å². The second kappa shape index (κ2) is 9.44. The second-order valence-electron chi connectivity index (χ2n) is 13.0. The normalized spacial score (nSPS) is 15.4. The van der Waals surface area contributed by atoms with Crippen molar-refractivity contribution in [3.63, 3.8) is 0 Å². The Balaban J connectivity index is 1.33. The lowest BCUT2D eigenvalue weighted by Crippen LogP contribution is -2.33. The summed E-state index contributed by atoms with van der Waals surface area (Å²) in [6, 6.07) is 56.8. The van der Waals surface area contributed by atoms with Gasteiger partial charge < -0.3 is 4.57 Å². The number of rotatable bonds is 2. The lowest BCUT2D eigenvalue weighted by Gasteiger charge is -2.39. The molecule has 1 atom stereocenters. The summed E-state index contributed by atoms with van der Waals surface area (Å²) >= 11 is 0. The first-order valence-electron chi connectivity index (χ1n) is 16.6. The summed E-state index contributed by atoms with van der Waals surface area (Å²) in [5, 5.41) is 11.9. The molecular weight excluding hydrogens is 597 g/mol. The lowest BCUT2D eigenvalue weighted by atomic mass is 9.65. The van der Waals surface area contributed by atoms with Gasteiger partial charge in [-0.25, -0.2) is 4.98 Å². The van der Waals surface area contributed by atoms with Crippen LogP contribution in [0.5, 0.6) is 0 Å². The minimum absolute atomic E-state index is 0.540. The predicted octanol–water partition coefficient (Wildman–Crippen LogP) is 10.3. The molecule has 1 spiro atoms. The summed E-state index contributed by atoms with van der Waals surface area (Å²) in [6.07, 6.45) is 1.88. The van der Waals surface area contributed by atoms with E-state index < -0.39 is 5.41 Å². The van der Waals surface area contributed by atoms with E-state index in [1.807, 2.05) is 24.4 Å². The topological polar surface area (TPSA) is 46.5 Å². The maximum Gasteiger partial charge on any atom is 0.137 e. The van der Waals surface area contributed by atoms with E-state index in [1.54, 1.807) is 0 Å². The van der Waals surface area contributed by atoms with Gasteiger partial charge in [0.1, 0.15) is 5.82 Å². The highest BCUT2D eigenvalue weighted by atomic mass is 15.1. The van der Waals surface area contributed by atoms with Crippen LogP contribution in [0.15, 0.2) is 158 Å². The van der Waals surface area contributed by atoms with Crippen molar-refractivity contribution in [3.05, 3.63) is 186 Å². The molecule has 3 aromatic heterocycles. The minimum Gasteiger partial charge on any atom is -0.306 e. The molecule has 226 valence electrons. The van der Waals surface area contributed by atoms with Crippen LogP contribution in [0.1, 0.15) is 27.8 Å². The van der Waals surface area contributed by atoms with E-state index >= 15 is 0 Å². The number of hydrogen-bond acceptors (Lipinski definition) is 2. The fourth-order valence-corrected chi connectivity index (χ4v) is 8.96. The number of benzene rings is 6. The van der Waals surface area contributed by atoms with Crippen molar-refractivity contribution in [3.8, 4) is 39.8 Å². The number of pyridine rings is 1. The molecule has 2 aliphatic rings. The van der Waals surface area contributed by atoms with Gasteiger partial charge in [-0.05, 0) is 87.0 Å². The van der Waals surface area contributed by atoms with Crippen molar-refractivity contribution < 1.29 is 0 Å². The number of para-hydroxylation sites is 3. The van der Waals surface area contributed by atoms with Crippen LogP contribution >= 0.6 is 0 Å². The Bertz CT molecular complexity index is 2880. The molecule has 1 aliphatic heterocycles. The van der Waals surface area contributed by atoms with Crippen LogP contribution < -0.4 is 0 Å². The van der Waals surface area contributed by atoms with E-state index in [0.29, 0.717) is 5.56 Å². The number of nitrogens with zero attached hydrogens (tertiary/aromatic N) is 4. The zero-order chi connectivity index (χ0) is 32.3. The Morgan fingerprint density at radius 3 is 2.06 bits per heavy atom. The van der Waals surface area contributed by atoms with Gasteiger partial charge in [0, 0.05) is 17.0 Å². The third-order valence-corrected chi connectivity index (χ3v) is 10.8. The van der Waals surface area contributed by atoms with E-state index in [1.165, 1.54) is 66.4 Å². The smallest absolute Gasteiger partial charge is 0.137 e. The van der Waals surface area contributed by atoms with Crippen molar-refractivity contribution >= 4 is 32.8 Å². The molecule has 0 saturated carbocycles. The average Bonchev–Trinajstić information content (AvgIpc) is 3.79. The first-order chi connectivity index (χ1) is 24.3. The lowest BCUT2D eigenvalue weighted by molar-refractivity contribution is 0.749. The highest BCUT2D eigenvalue weighted by Crippen LogP contribution is 2.61. The van der Waals surface area contributed by atoms with Crippen molar-refractivity contribution in [2.75, 3.05) is 0 Å². The Morgan fingerprint density at radius 2 is 1.20 bits per heavy atom. The fourth-order valence-electron chi connectivity index (χ4n) is 8.96. The quantitative estimate of drug-likeness (QED) is 0.193. The van der Waals surface area contributed by atoms with Crippen molar-refractivity contribution in [2.24, 2.45) is 0 Å². The molecule has 0 N–H and O–H groups in total. The van der Waals surface area contributed by atoms with Crippen LogP contribution in [0, 0.1) is 11.3 Å². The minimum atomic E-state index is -0.540. The molecule has 4 heterocycles. The SMILES string of the molecule is N#Cc1ccc(-c2ccc3c(c2)C2(c4ccccc4-3)c3ccccc3-n3c4c2cccc4c2c3c3ccccc3n2-c2ccccn2)cc1. The first kappa shape index (κ1) is 26.4. The Hall–Kier alpha value is -6.70. The third-order valence-electron chi connectivity index (χ3n) is 10.8. The molecule has 0 amide bonds. The number of fused-ring (bicyclic) bond motifs is 14. The molecule has 1 aliphatic carbocycles. The number of aromatic nitrogens is 3. The fraction of sp³-hybridized carbons (Fsp3) is 0.0222. The number of nitriles is 1. The zero-order valence-corrected chi connectivity index (χ0v) is 26.3. The predicted molar refractivity (Wildman–Crippen MR) is 196 cm³/mol. The Labute approximate surface area is 282 Å². The summed E-state index contributed by atoms with van der Waals surface area (Å²) < 4.78 is 4.86. The standard InChI is InChI=1S/C45H26N4/c46-27-28-19-21-29(22-20-28)30-23-24-32-31-10-1-3-13-35(31)45(38(32)26-30)36-14-4-6-17-40(36)49-42-34(12-9-15-37(42)45)44-43(49)33-11-2-5-16-39(33)48(44)41-18-7-8-25-47-41/h1-26H. The summed E-state index contributed by atoms with van der Waals surface area (Å²) in [4.78, 5) is 4.86. The van der Waals surface area contributed by atoms with Gasteiger partial charge in [0.05, 0.1) is 44.8 Å². The molecule has 0 fully saturated rings. The molecule has 4 nitrogen and oxygen atoms in total. The van der Waals surface area contributed by atoms with Gasteiger partial charge in [-0.1, -0.05) is 109 Å². The highest BCUT2D eigenvalue weighted by Gasteiger charge is 2.51. The summed E-state index contributed by atoms with van der Waals surface area (Å²) in [5.74, 6) is 0.906. The Morgan fingerprint density at radius 1 is 0.510 bits per heavy atom. The molecular formula is C45H26N4. The second-order valence-corrected chi connectivity index (χ2v) is 13.0. The summed E-state index contributed by atoms with van der Waals surface area (Å²) in [7, 11) is 0. The largest absolute Gasteiger partial charge is 0.306 e. The maximum atomic E-state index is 9.46. The summed E-state index contributed by atoms with van der Waals surface area (Å²) in [5.41, 5.74) is 15.9. The molecule has 0 radical (unpaired) electrons. The number of hydrogen-bond donors (Lipinski definition) is 0. The van der Waals surface area contributed by atoms with E-state index in [0.717, 1.165) is 22.5 Å². The van der Waals surface area contributed by atoms with Gasteiger partial charge >= 0.3 is 0 Å². The van der Waals surface area contributed by atoms with Gasteiger partial charge in [0.25, 0.3) is 0 Å². The van der Waals surface area contributed by atoms with Crippen LogP contribution in [0.2, 0.25) is 0 Å². The zero-order valence-electron chi connectivity index (χ0n) is 26.3. The van der Waals surface area contributed by atoms with Crippen molar-refractivity contribution in [1.82, 2.24) is 14.1 Å². The van der Waals surface area contributed by atoms with Gasteiger partial charge in [-0.3, -0.25) is 4.57 Å². The van der Waals surface area contributed by atoms with Crippen LogP contribution in [0.25, 0.3) is 66.6 Å². The molecule has 6 aromatic carbocycles. The van der Waals surface area contributed by atoms with Gasteiger partial charge in [0.2, 0.25) is 0 Å². The third kappa shape index (κ3) is 3.19. The summed E-state index contributed by atoms with van der Waals surface area (Å²) in [6.45, 7) is 0. The molecule has 4 heteroatoms. The molecule has 11 rings (SSSR count). The van der Waals surface area contributed by atoms with Gasteiger partial charge in [-0.15, -0.1) is 0 Å². The molecule has 49 heavy (non-hydrogen) atoms. The maximum absolute atomic E-state index is 9.46. The Kier molecular flexibility index (Phi) is 5.08. The van der Waals surface area contributed by atoms with Crippen LogP contribution in [0.4, 0.5) is 0 Å². The van der Waals surface area contributed by atoms with Crippen molar-refractivity contribution in [2.45, 2.75) is 5.41 Å². The first-order valence-corrected chi connectivity index (χ1v) is 16.6. The van der Waals surface area contributed by atoms with Gasteiger partial charge in [0.15, 0.2) is 0 Å². The highest BCUT2D eigenvalue weighted by molar-refractivity contribution is 6.21. The van der Waals surface area contributed by atoms with Crippen LogP contribution in [-0.4, -0.2) is 14.1 Å². The van der Waals surface area contributed by atoms with Crippen LogP contribution in [-0.2, 0) is 5.41 Å². The molecule has 0 saturated heterocycles. The van der Waals surface area contributed by atoms with E-state index in [4.69, 9.17) is 4.98 Å². The van der Waals surface area contributed by atoms with Crippen molar-refractivity contribution in [1.29, 1.82) is 5.26 Å².